The van der Waals surface area contributed by atoms with E-state index in [1.54, 1.807) is 26.8 Å². The first-order chi connectivity index (χ1) is 12.0. The van der Waals surface area contributed by atoms with Crippen LogP contribution in [-0.2, 0) is 0 Å². The van der Waals surface area contributed by atoms with Crippen molar-refractivity contribution in [3.63, 3.8) is 0 Å². The lowest BCUT2D eigenvalue weighted by Crippen LogP contribution is -2.19. The second-order valence-electron chi connectivity index (χ2n) is 6.23. The molecule has 0 aliphatic carbocycles. The molecule has 1 unspecified atom stereocenters. The predicted octanol–water partition coefficient (Wildman–Crippen LogP) is 6.32. The molecule has 0 bridgehead atoms. The zero-order valence-corrected chi connectivity index (χ0v) is 15.2. The summed E-state index contributed by atoms with van der Waals surface area (Å²) in [5.41, 5.74) is 2.41. The number of carboxylic acids is 1. The van der Waals surface area contributed by atoms with Gasteiger partial charge in [0.1, 0.15) is 0 Å². The minimum absolute atomic E-state index is 0.118. The highest BCUT2D eigenvalue weighted by atomic mass is 35.5. The van der Waals surface area contributed by atoms with Gasteiger partial charge in [-0.25, -0.2) is 4.79 Å². The normalized spacial score (nSPS) is 13.2. The van der Waals surface area contributed by atoms with Crippen LogP contribution in [0.3, 0.4) is 0 Å². The molecule has 2 nitrogen and oxygen atoms in total. The van der Waals surface area contributed by atoms with Gasteiger partial charge in [-0.2, -0.15) is 13.2 Å². The van der Waals surface area contributed by atoms with E-state index in [0.29, 0.717) is 27.3 Å². The maximum Gasteiger partial charge on any atom is 0.399 e. The molecular weight excluding hydrogens is 365 g/mol. The highest BCUT2D eigenvalue weighted by Crippen LogP contribution is 2.38. The predicted molar refractivity (Wildman–Crippen MR) is 96.9 cm³/mol. The third kappa shape index (κ3) is 4.47. The van der Waals surface area contributed by atoms with Gasteiger partial charge < -0.3 is 5.11 Å². The van der Waals surface area contributed by atoms with Crippen molar-refractivity contribution in [3.05, 3.63) is 74.8 Å². The fourth-order valence-electron chi connectivity index (χ4n) is 2.81. The summed E-state index contributed by atoms with van der Waals surface area (Å²) in [6, 6.07) is 7.30. The van der Waals surface area contributed by atoms with Gasteiger partial charge in [-0.1, -0.05) is 48.0 Å². The van der Waals surface area contributed by atoms with E-state index >= 15 is 0 Å². The summed E-state index contributed by atoms with van der Waals surface area (Å²) >= 11 is 6.05. The van der Waals surface area contributed by atoms with Crippen molar-refractivity contribution in [2.24, 2.45) is 0 Å². The average Bonchev–Trinajstić information content (AvgIpc) is 2.51. The monoisotopic (exact) mass is 382 g/mol. The van der Waals surface area contributed by atoms with Crippen LogP contribution in [0.15, 0.2) is 36.4 Å². The third-order valence-electron chi connectivity index (χ3n) is 4.13. The molecule has 0 radical (unpaired) electrons. The second-order valence-corrected chi connectivity index (χ2v) is 6.60. The summed E-state index contributed by atoms with van der Waals surface area (Å²) in [5, 5.41) is 9.48. The van der Waals surface area contributed by atoms with E-state index in [9.17, 15) is 18.0 Å². The SMILES string of the molecule is Cc1cc(/C=C/C(c2cc(C)c(Cl)c(C)c2)C(F)(F)F)ccc1C(=O)O. The highest BCUT2D eigenvalue weighted by molar-refractivity contribution is 6.32. The molecule has 0 fully saturated rings. The van der Waals surface area contributed by atoms with Gasteiger partial charge in [-0.3, -0.25) is 0 Å². The van der Waals surface area contributed by atoms with Crippen molar-refractivity contribution >= 4 is 23.6 Å². The molecule has 6 heteroatoms. The first kappa shape index (κ1) is 20.0. The number of aryl methyl sites for hydroxylation is 3. The van der Waals surface area contributed by atoms with Gasteiger partial charge in [0.2, 0.25) is 0 Å². The number of halogens is 4. The van der Waals surface area contributed by atoms with Crippen LogP contribution in [0.5, 0.6) is 0 Å². The molecule has 2 aromatic rings. The molecule has 0 saturated heterocycles. The number of allylic oxidation sites excluding steroid dienone is 1. The minimum atomic E-state index is -4.46. The summed E-state index contributed by atoms with van der Waals surface area (Å²) in [6.45, 7) is 4.95. The van der Waals surface area contributed by atoms with Gasteiger partial charge >= 0.3 is 12.1 Å². The Morgan fingerprint density at radius 3 is 2.12 bits per heavy atom. The lowest BCUT2D eigenvalue weighted by molar-refractivity contribution is -0.139. The molecule has 1 N–H and O–H groups in total. The standard InChI is InChI=1S/C20H18ClF3O2/c1-11-8-14(4-6-16(11)19(25)26)5-7-17(20(22,23)24)15-9-12(2)18(21)13(3)10-15/h4-10,17H,1-3H3,(H,25,26)/b7-5+. The van der Waals surface area contributed by atoms with Crippen molar-refractivity contribution in [1.82, 2.24) is 0 Å². The summed E-state index contributed by atoms with van der Waals surface area (Å²) in [4.78, 5) is 11.0. The van der Waals surface area contributed by atoms with E-state index in [-0.39, 0.29) is 11.1 Å². The van der Waals surface area contributed by atoms with E-state index in [1.165, 1.54) is 30.3 Å². The number of alkyl halides is 3. The lowest BCUT2D eigenvalue weighted by atomic mass is 9.93. The molecule has 138 valence electrons. The highest BCUT2D eigenvalue weighted by Gasteiger charge is 2.39. The van der Waals surface area contributed by atoms with E-state index < -0.39 is 18.1 Å². The third-order valence-corrected chi connectivity index (χ3v) is 4.73. The van der Waals surface area contributed by atoms with Crippen molar-refractivity contribution in [2.45, 2.75) is 32.9 Å². The summed E-state index contributed by atoms with van der Waals surface area (Å²) in [5.74, 6) is -2.85. The zero-order chi connectivity index (χ0) is 19.6. The van der Waals surface area contributed by atoms with Gasteiger partial charge in [-0.05, 0) is 54.7 Å². The molecule has 0 aliphatic rings. The molecule has 0 amide bonds. The molecule has 0 saturated carbocycles. The van der Waals surface area contributed by atoms with E-state index in [4.69, 9.17) is 16.7 Å². The summed E-state index contributed by atoms with van der Waals surface area (Å²) in [6.07, 6.45) is -2.02. The Labute approximate surface area is 154 Å². The number of carbonyl (C=O) groups is 1. The van der Waals surface area contributed by atoms with Crippen LogP contribution in [-0.4, -0.2) is 17.3 Å². The summed E-state index contributed by atoms with van der Waals surface area (Å²) in [7, 11) is 0. The zero-order valence-electron chi connectivity index (χ0n) is 14.5. The minimum Gasteiger partial charge on any atom is -0.478 e. The molecule has 1 atom stereocenters. The second kappa shape index (κ2) is 7.54. The molecule has 0 aliphatic heterocycles. The van der Waals surface area contributed by atoms with Crippen LogP contribution < -0.4 is 0 Å². The Balaban J connectivity index is 2.42. The number of hydrogen-bond donors (Lipinski definition) is 1. The van der Waals surface area contributed by atoms with Crippen molar-refractivity contribution in [1.29, 1.82) is 0 Å². The largest absolute Gasteiger partial charge is 0.478 e. The van der Waals surface area contributed by atoms with Crippen molar-refractivity contribution < 1.29 is 23.1 Å². The smallest absolute Gasteiger partial charge is 0.399 e. The number of rotatable bonds is 4. The van der Waals surface area contributed by atoms with Gasteiger partial charge in [0.05, 0.1) is 11.5 Å². The maximum atomic E-state index is 13.6. The molecular formula is C20H18ClF3O2. The fourth-order valence-corrected chi connectivity index (χ4v) is 2.92. The van der Waals surface area contributed by atoms with E-state index in [2.05, 4.69) is 0 Å². The van der Waals surface area contributed by atoms with Gasteiger partial charge in [0.25, 0.3) is 0 Å². The molecule has 2 aromatic carbocycles. The number of benzene rings is 2. The lowest BCUT2D eigenvalue weighted by Gasteiger charge is -2.19. The topological polar surface area (TPSA) is 37.3 Å². The van der Waals surface area contributed by atoms with Gasteiger partial charge in [0, 0.05) is 5.02 Å². The number of aromatic carboxylic acids is 1. The van der Waals surface area contributed by atoms with Crippen molar-refractivity contribution in [3.8, 4) is 0 Å². The fraction of sp³-hybridized carbons (Fsp3) is 0.250. The number of hydrogen-bond acceptors (Lipinski definition) is 1. The molecule has 0 heterocycles. The van der Waals surface area contributed by atoms with Crippen LogP contribution in [0.25, 0.3) is 6.08 Å². The van der Waals surface area contributed by atoms with Crippen LogP contribution in [0.1, 0.15) is 44.1 Å². The van der Waals surface area contributed by atoms with E-state index in [1.807, 2.05) is 0 Å². The van der Waals surface area contributed by atoms with Crippen molar-refractivity contribution in [2.75, 3.05) is 0 Å². The number of carboxylic acid groups (broad SMARTS) is 1. The molecule has 0 spiro atoms. The van der Waals surface area contributed by atoms with Crippen LogP contribution in [0.2, 0.25) is 5.02 Å². The molecule has 2 rings (SSSR count). The Bertz CT molecular complexity index is 847. The van der Waals surface area contributed by atoms with Gasteiger partial charge in [0.15, 0.2) is 0 Å². The Kier molecular flexibility index (Phi) is 5.81. The average molecular weight is 383 g/mol. The van der Waals surface area contributed by atoms with E-state index in [0.717, 1.165) is 6.08 Å². The van der Waals surface area contributed by atoms with Gasteiger partial charge in [-0.15, -0.1) is 0 Å². The maximum absolute atomic E-state index is 13.6. The first-order valence-corrected chi connectivity index (χ1v) is 8.24. The van der Waals surface area contributed by atoms with Crippen LogP contribution >= 0.6 is 11.6 Å². The van der Waals surface area contributed by atoms with Crippen LogP contribution in [0.4, 0.5) is 13.2 Å². The Hall–Kier alpha value is -2.27. The molecule has 0 aromatic heterocycles. The first-order valence-electron chi connectivity index (χ1n) is 7.86. The Morgan fingerprint density at radius 1 is 1.08 bits per heavy atom. The Morgan fingerprint density at radius 2 is 1.65 bits per heavy atom. The summed E-state index contributed by atoms with van der Waals surface area (Å²) < 4.78 is 40.7. The van der Waals surface area contributed by atoms with Crippen LogP contribution in [0, 0.1) is 20.8 Å². The molecule has 26 heavy (non-hydrogen) atoms. The quantitative estimate of drug-likeness (QED) is 0.671.